The molecule has 6 nitrogen and oxygen atoms in total. The smallest absolute Gasteiger partial charge is 0.329 e. The minimum absolute atomic E-state index is 0.232. The van der Waals surface area contributed by atoms with Gasteiger partial charge in [-0.3, -0.25) is 4.79 Å². The lowest BCUT2D eigenvalue weighted by Crippen LogP contribution is -2.56. The van der Waals surface area contributed by atoms with E-state index in [0.29, 0.717) is 32.5 Å². The van der Waals surface area contributed by atoms with Gasteiger partial charge < -0.3 is 19.9 Å². The molecule has 1 amide bonds. The van der Waals surface area contributed by atoms with Crippen LogP contribution in [0.1, 0.15) is 32.6 Å². The maximum Gasteiger partial charge on any atom is 0.329 e. The van der Waals surface area contributed by atoms with Crippen LogP contribution in [0.5, 0.6) is 11.5 Å². The molecule has 2 rings (SSSR count). The number of nitrogens with one attached hydrogen (secondary N) is 1. The molecule has 0 spiro atoms. The number of benzene rings is 1. The SMILES string of the molecule is CCOc1ccc(OCCCC(=O)NC2(C(=O)O)CCSCC2)cc1. The summed E-state index contributed by atoms with van der Waals surface area (Å²) in [5, 5.41) is 12.2. The van der Waals surface area contributed by atoms with E-state index < -0.39 is 11.5 Å². The van der Waals surface area contributed by atoms with Crippen molar-refractivity contribution in [3.8, 4) is 11.5 Å². The quantitative estimate of drug-likeness (QED) is 0.653. The van der Waals surface area contributed by atoms with Crippen LogP contribution >= 0.6 is 11.8 Å². The molecule has 1 aliphatic rings. The van der Waals surface area contributed by atoms with Crippen molar-refractivity contribution < 1.29 is 24.2 Å². The summed E-state index contributed by atoms with van der Waals surface area (Å²) in [5.41, 5.74) is -1.10. The van der Waals surface area contributed by atoms with Crippen LogP contribution in [0.2, 0.25) is 0 Å². The highest BCUT2D eigenvalue weighted by Gasteiger charge is 2.40. The van der Waals surface area contributed by atoms with Crippen LogP contribution in [0.3, 0.4) is 0 Å². The van der Waals surface area contributed by atoms with Crippen LogP contribution in [0, 0.1) is 0 Å². The van der Waals surface area contributed by atoms with E-state index in [1.54, 1.807) is 11.8 Å². The molecule has 1 fully saturated rings. The van der Waals surface area contributed by atoms with Crippen LogP contribution in [0.15, 0.2) is 24.3 Å². The first-order chi connectivity index (χ1) is 12.1. The summed E-state index contributed by atoms with van der Waals surface area (Å²) in [6.45, 7) is 2.94. The molecule has 0 atom stereocenters. The third-order valence-electron chi connectivity index (χ3n) is 4.09. The highest BCUT2D eigenvalue weighted by molar-refractivity contribution is 7.99. The van der Waals surface area contributed by atoms with Gasteiger partial charge in [-0.2, -0.15) is 11.8 Å². The molecule has 0 radical (unpaired) electrons. The van der Waals surface area contributed by atoms with Gasteiger partial charge in [0.15, 0.2) is 0 Å². The van der Waals surface area contributed by atoms with Crippen LogP contribution in [-0.4, -0.2) is 47.2 Å². The van der Waals surface area contributed by atoms with Crippen molar-refractivity contribution in [3.63, 3.8) is 0 Å². The number of carboxylic acid groups (broad SMARTS) is 1. The van der Waals surface area contributed by atoms with E-state index in [0.717, 1.165) is 23.0 Å². The molecule has 0 aromatic heterocycles. The lowest BCUT2D eigenvalue weighted by molar-refractivity contribution is -0.148. The fourth-order valence-electron chi connectivity index (χ4n) is 2.66. The molecule has 2 N–H and O–H groups in total. The number of carboxylic acids is 1. The first-order valence-electron chi connectivity index (χ1n) is 8.53. The van der Waals surface area contributed by atoms with Crippen molar-refractivity contribution in [2.45, 2.75) is 38.1 Å². The standard InChI is InChI=1S/C18H25NO5S/c1-2-23-14-5-7-15(8-6-14)24-11-3-4-16(20)19-18(17(21)22)9-12-25-13-10-18/h5-8H,2-4,9-13H2,1H3,(H,19,20)(H,21,22). The summed E-state index contributed by atoms with van der Waals surface area (Å²) < 4.78 is 11.0. The molecule has 0 unspecified atom stereocenters. The second-order valence-electron chi connectivity index (χ2n) is 5.90. The van der Waals surface area contributed by atoms with E-state index in [1.807, 2.05) is 31.2 Å². The van der Waals surface area contributed by atoms with E-state index in [-0.39, 0.29) is 12.3 Å². The summed E-state index contributed by atoms with van der Waals surface area (Å²) in [4.78, 5) is 23.6. The number of ether oxygens (including phenoxy) is 2. The van der Waals surface area contributed by atoms with Crippen molar-refractivity contribution in [2.24, 2.45) is 0 Å². The van der Waals surface area contributed by atoms with Gasteiger partial charge in [0.1, 0.15) is 17.0 Å². The molecule has 1 heterocycles. The van der Waals surface area contributed by atoms with E-state index in [2.05, 4.69) is 5.32 Å². The monoisotopic (exact) mass is 367 g/mol. The molecule has 0 bridgehead atoms. The summed E-state index contributed by atoms with van der Waals surface area (Å²) in [6.07, 6.45) is 1.73. The molecule has 7 heteroatoms. The zero-order valence-electron chi connectivity index (χ0n) is 14.5. The third-order valence-corrected chi connectivity index (χ3v) is 5.07. The van der Waals surface area contributed by atoms with Gasteiger partial charge in [0, 0.05) is 6.42 Å². The Bertz CT molecular complexity index is 569. The fourth-order valence-corrected chi connectivity index (χ4v) is 3.85. The number of carbonyl (C=O) groups excluding carboxylic acids is 1. The summed E-state index contributed by atoms with van der Waals surface area (Å²) in [7, 11) is 0. The second-order valence-corrected chi connectivity index (χ2v) is 7.13. The summed E-state index contributed by atoms with van der Waals surface area (Å²) in [6, 6.07) is 7.32. The molecular weight excluding hydrogens is 342 g/mol. The number of hydrogen-bond donors (Lipinski definition) is 2. The normalized spacial score (nSPS) is 16.0. The topological polar surface area (TPSA) is 84.9 Å². The number of amides is 1. The molecule has 1 aromatic rings. The second kappa shape index (κ2) is 9.56. The Labute approximate surface area is 152 Å². The van der Waals surface area contributed by atoms with Crippen LogP contribution in [0.4, 0.5) is 0 Å². The Balaban J connectivity index is 1.71. The third kappa shape index (κ3) is 5.85. The van der Waals surface area contributed by atoms with Gasteiger partial charge in [0.05, 0.1) is 13.2 Å². The maximum atomic E-state index is 12.1. The minimum atomic E-state index is -1.10. The maximum absolute atomic E-state index is 12.1. The fraction of sp³-hybridized carbons (Fsp3) is 0.556. The number of aliphatic carboxylic acids is 1. The van der Waals surface area contributed by atoms with Gasteiger partial charge in [0.25, 0.3) is 0 Å². The number of hydrogen-bond acceptors (Lipinski definition) is 5. The van der Waals surface area contributed by atoms with Gasteiger partial charge in [-0.15, -0.1) is 0 Å². The van der Waals surface area contributed by atoms with E-state index >= 15 is 0 Å². The van der Waals surface area contributed by atoms with Crippen LogP contribution in [0.25, 0.3) is 0 Å². The molecule has 138 valence electrons. The van der Waals surface area contributed by atoms with E-state index in [1.165, 1.54) is 0 Å². The largest absolute Gasteiger partial charge is 0.494 e. The zero-order valence-corrected chi connectivity index (χ0v) is 15.3. The van der Waals surface area contributed by atoms with Gasteiger partial charge in [-0.25, -0.2) is 4.79 Å². The van der Waals surface area contributed by atoms with Crippen molar-refractivity contribution in [1.29, 1.82) is 0 Å². The van der Waals surface area contributed by atoms with Gasteiger partial charge in [0.2, 0.25) is 5.91 Å². The highest BCUT2D eigenvalue weighted by Crippen LogP contribution is 2.27. The Morgan fingerprint density at radius 1 is 1.16 bits per heavy atom. The number of rotatable bonds is 9. The summed E-state index contributed by atoms with van der Waals surface area (Å²) in [5.74, 6) is 1.85. The van der Waals surface area contributed by atoms with Crippen molar-refractivity contribution >= 4 is 23.6 Å². The molecule has 0 aliphatic carbocycles. The lowest BCUT2D eigenvalue weighted by atomic mass is 9.92. The predicted octanol–water partition coefficient (Wildman–Crippen LogP) is 2.71. The van der Waals surface area contributed by atoms with Crippen molar-refractivity contribution in [2.75, 3.05) is 24.7 Å². The van der Waals surface area contributed by atoms with Gasteiger partial charge in [-0.05, 0) is 62.0 Å². The number of carbonyl (C=O) groups is 2. The van der Waals surface area contributed by atoms with Crippen LogP contribution < -0.4 is 14.8 Å². The van der Waals surface area contributed by atoms with Crippen LogP contribution in [-0.2, 0) is 9.59 Å². The lowest BCUT2D eigenvalue weighted by Gasteiger charge is -2.33. The average Bonchev–Trinajstić information content (AvgIpc) is 2.61. The first kappa shape index (κ1) is 19.4. The Morgan fingerprint density at radius 3 is 2.32 bits per heavy atom. The van der Waals surface area contributed by atoms with E-state index in [4.69, 9.17) is 9.47 Å². The predicted molar refractivity (Wildman–Crippen MR) is 97.4 cm³/mol. The van der Waals surface area contributed by atoms with Crippen molar-refractivity contribution in [1.82, 2.24) is 5.32 Å². The average molecular weight is 367 g/mol. The first-order valence-corrected chi connectivity index (χ1v) is 9.69. The molecule has 1 saturated heterocycles. The number of thioether (sulfide) groups is 1. The summed E-state index contributed by atoms with van der Waals surface area (Å²) >= 11 is 1.72. The highest BCUT2D eigenvalue weighted by atomic mass is 32.2. The molecular formula is C18H25NO5S. The Hall–Kier alpha value is -1.89. The van der Waals surface area contributed by atoms with Gasteiger partial charge >= 0.3 is 5.97 Å². The molecule has 1 aliphatic heterocycles. The molecule has 1 aromatic carbocycles. The Morgan fingerprint density at radius 2 is 1.76 bits per heavy atom. The minimum Gasteiger partial charge on any atom is -0.494 e. The molecule has 0 saturated carbocycles. The van der Waals surface area contributed by atoms with Gasteiger partial charge in [-0.1, -0.05) is 0 Å². The Kier molecular flexibility index (Phi) is 7.43. The van der Waals surface area contributed by atoms with E-state index in [9.17, 15) is 14.7 Å². The molecule has 25 heavy (non-hydrogen) atoms. The zero-order chi connectivity index (χ0) is 18.1. The van der Waals surface area contributed by atoms with Crippen molar-refractivity contribution in [3.05, 3.63) is 24.3 Å².